The average molecular weight is 276 g/mol. The Kier molecular flexibility index (Phi) is 2.74. The van der Waals surface area contributed by atoms with Gasteiger partial charge in [-0.25, -0.2) is 0 Å². The van der Waals surface area contributed by atoms with Crippen LogP contribution in [0.3, 0.4) is 0 Å². The van der Waals surface area contributed by atoms with Crippen LogP contribution in [0.1, 0.15) is 53.9 Å². The summed E-state index contributed by atoms with van der Waals surface area (Å²) < 4.78 is 5.69. The van der Waals surface area contributed by atoms with E-state index in [2.05, 4.69) is 20.8 Å². The summed E-state index contributed by atoms with van der Waals surface area (Å²) in [4.78, 5) is 23.9. The lowest BCUT2D eigenvalue weighted by Gasteiger charge is -2.50. The van der Waals surface area contributed by atoms with Crippen molar-refractivity contribution in [3.8, 4) is 0 Å². The van der Waals surface area contributed by atoms with Gasteiger partial charge in [-0.1, -0.05) is 20.8 Å². The molecular formula is C17H24O3. The number of hydrogen-bond donors (Lipinski definition) is 0. The first-order chi connectivity index (χ1) is 9.23. The molecule has 0 aliphatic heterocycles. The summed E-state index contributed by atoms with van der Waals surface area (Å²) in [5, 5.41) is 0. The number of rotatable bonds is 1. The Morgan fingerprint density at radius 2 is 1.95 bits per heavy atom. The molecule has 0 N–H and O–H groups in total. The largest absolute Gasteiger partial charge is 0.458 e. The minimum atomic E-state index is -0.235. The normalized spacial score (nSPS) is 41.9. The smallest absolute Gasteiger partial charge is 0.303 e. The zero-order valence-corrected chi connectivity index (χ0v) is 13.1. The molecule has 3 heteroatoms. The Morgan fingerprint density at radius 3 is 2.55 bits per heavy atom. The van der Waals surface area contributed by atoms with Crippen LogP contribution in [-0.4, -0.2) is 17.9 Å². The van der Waals surface area contributed by atoms with E-state index in [-0.39, 0.29) is 28.7 Å². The van der Waals surface area contributed by atoms with Gasteiger partial charge in [-0.15, -0.1) is 0 Å². The lowest BCUT2D eigenvalue weighted by atomic mass is 9.53. The van der Waals surface area contributed by atoms with Crippen molar-refractivity contribution in [1.29, 1.82) is 0 Å². The molecule has 3 aliphatic rings. The van der Waals surface area contributed by atoms with Gasteiger partial charge in [-0.05, 0) is 42.2 Å². The van der Waals surface area contributed by atoms with Gasteiger partial charge in [0, 0.05) is 24.7 Å². The Bertz CT molecular complexity index is 528. The molecular weight excluding hydrogens is 252 g/mol. The first-order valence-corrected chi connectivity index (χ1v) is 7.65. The summed E-state index contributed by atoms with van der Waals surface area (Å²) in [5.41, 5.74) is 1.95. The highest BCUT2D eigenvalue weighted by molar-refractivity contribution is 6.00. The van der Waals surface area contributed by atoms with Crippen molar-refractivity contribution in [2.45, 2.75) is 60.0 Å². The first-order valence-electron chi connectivity index (χ1n) is 7.65. The van der Waals surface area contributed by atoms with Crippen molar-refractivity contribution in [2.75, 3.05) is 0 Å². The van der Waals surface area contributed by atoms with Crippen LogP contribution in [0.5, 0.6) is 0 Å². The molecule has 110 valence electrons. The molecule has 20 heavy (non-hydrogen) atoms. The maximum absolute atomic E-state index is 12.3. The molecule has 3 aliphatic carbocycles. The summed E-state index contributed by atoms with van der Waals surface area (Å²) >= 11 is 0. The van der Waals surface area contributed by atoms with Crippen LogP contribution in [0.25, 0.3) is 0 Å². The summed E-state index contributed by atoms with van der Waals surface area (Å²) in [5.74, 6) is 0.838. The Morgan fingerprint density at radius 1 is 1.30 bits per heavy atom. The second-order valence-electron chi connectivity index (χ2n) is 7.45. The van der Waals surface area contributed by atoms with Crippen molar-refractivity contribution in [3.63, 3.8) is 0 Å². The van der Waals surface area contributed by atoms with Gasteiger partial charge in [-0.2, -0.15) is 0 Å². The third-order valence-electron chi connectivity index (χ3n) is 6.51. The monoisotopic (exact) mass is 276 g/mol. The maximum Gasteiger partial charge on any atom is 0.303 e. The molecule has 0 aromatic heterocycles. The molecule has 3 nitrogen and oxygen atoms in total. The minimum absolute atomic E-state index is 0.0214. The van der Waals surface area contributed by atoms with Gasteiger partial charge in [0.05, 0.1) is 0 Å². The second kappa shape index (κ2) is 3.96. The molecule has 0 amide bonds. The standard InChI is InChI=1S/C17H24O3/c1-9-6-7-12-15(20-11(3)18)14-10(2)13(19)8-17(9,14)16(12,4)5/h9,12,15H,6-8H2,1-5H3/t9-,12-,15+,17+/m1/s1. The van der Waals surface area contributed by atoms with E-state index in [0.717, 1.165) is 24.0 Å². The van der Waals surface area contributed by atoms with E-state index in [1.54, 1.807) is 0 Å². The predicted octanol–water partition coefficient (Wildman–Crippen LogP) is 3.28. The van der Waals surface area contributed by atoms with Crippen LogP contribution < -0.4 is 0 Å². The number of Topliss-reactive ketones (excluding diaryl/α,β-unsaturated/α-hetero) is 1. The van der Waals surface area contributed by atoms with E-state index in [1.807, 2.05) is 6.92 Å². The number of hydrogen-bond acceptors (Lipinski definition) is 3. The van der Waals surface area contributed by atoms with Crippen LogP contribution in [-0.2, 0) is 14.3 Å². The number of carbonyl (C=O) groups excluding carboxylic acids is 2. The van der Waals surface area contributed by atoms with E-state index in [9.17, 15) is 9.59 Å². The third-order valence-corrected chi connectivity index (χ3v) is 6.51. The van der Waals surface area contributed by atoms with Crippen molar-refractivity contribution < 1.29 is 14.3 Å². The van der Waals surface area contributed by atoms with E-state index >= 15 is 0 Å². The first kappa shape index (κ1) is 13.8. The lowest BCUT2D eigenvalue weighted by Crippen LogP contribution is -2.45. The van der Waals surface area contributed by atoms with E-state index in [4.69, 9.17) is 4.74 Å². The molecule has 2 fully saturated rings. The number of fused-ring (bicyclic) bond motifs is 1. The summed E-state index contributed by atoms with van der Waals surface area (Å²) in [6, 6.07) is 0. The third kappa shape index (κ3) is 1.36. The molecule has 4 atom stereocenters. The van der Waals surface area contributed by atoms with Crippen LogP contribution in [0, 0.1) is 22.7 Å². The van der Waals surface area contributed by atoms with Crippen LogP contribution in [0.2, 0.25) is 0 Å². The fourth-order valence-electron chi connectivity index (χ4n) is 5.50. The van der Waals surface area contributed by atoms with Gasteiger partial charge in [0.1, 0.15) is 6.10 Å². The maximum atomic E-state index is 12.3. The summed E-state index contributed by atoms with van der Waals surface area (Å²) in [7, 11) is 0. The lowest BCUT2D eigenvalue weighted by molar-refractivity contribution is -0.148. The van der Waals surface area contributed by atoms with E-state index in [0.29, 0.717) is 18.3 Å². The highest BCUT2D eigenvalue weighted by atomic mass is 16.5. The number of carbonyl (C=O) groups is 2. The summed E-state index contributed by atoms with van der Waals surface area (Å²) in [6.07, 6.45) is 2.63. The van der Waals surface area contributed by atoms with Gasteiger partial charge >= 0.3 is 5.97 Å². The minimum Gasteiger partial charge on any atom is -0.458 e. The van der Waals surface area contributed by atoms with E-state index in [1.165, 1.54) is 6.92 Å². The predicted molar refractivity (Wildman–Crippen MR) is 76.0 cm³/mol. The Hall–Kier alpha value is -1.12. The van der Waals surface area contributed by atoms with Gasteiger partial charge in [-0.3, -0.25) is 9.59 Å². The molecule has 2 saturated carbocycles. The number of ketones is 1. The molecule has 0 unspecified atom stereocenters. The topological polar surface area (TPSA) is 43.4 Å². The van der Waals surface area contributed by atoms with Gasteiger partial charge in [0.2, 0.25) is 0 Å². The SMILES string of the molecule is CC(=O)O[C@@H]1C2=C(C)C(=O)C[C@]23[C@H](C)CC[C@H]1C3(C)C. The van der Waals surface area contributed by atoms with Crippen molar-refractivity contribution in [3.05, 3.63) is 11.1 Å². The van der Waals surface area contributed by atoms with Crippen molar-refractivity contribution in [2.24, 2.45) is 22.7 Å². The number of esters is 1. The van der Waals surface area contributed by atoms with Crippen LogP contribution in [0.4, 0.5) is 0 Å². The second-order valence-corrected chi connectivity index (χ2v) is 7.45. The zero-order valence-electron chi connectivity index (χ0n) is 13.1. The molecule has 0 heterocycles. The van der Waals surface area contributed by atoms with Gasteiger partial charge in [0.25, 0.3) is 0 Å². The highest BCUT2D eigenvalue weighted by Crippen LogP contribution is 2.72. The summed E-state index contributed by atoms with van der Waals surface area (Å²) in [6.45, 7) is 10.2. The van der Waals surface area contributed by atoms with Crippen LogP contribution >= 0.6 is 0 Å². The number of ether oxygens (including phenoxy) is 1. The number of allylic oxidation sites excluding steroid dienone is 1. The molecule has 0 saturated heterocycles. The average Bonchev–Trinajstić information content (AvgIpc) is 2.62. The van der Waals surface area contributed by atoms with Crippen molar-refractivity contribution in [1.82, 2.24) is 0 Å². The van der Waals surface area contributed by atoms with E-state index < -0.39 is 0 Å². The van der Waals surface area contributed by atoms with Gasteiger partial charge < -0.3 is 4.74 Å². The quantitative estimate of drug-likeness (QED) is 0.690. The van der Waals surface area contributed by atoms with Crippen molar-refractivity contribution >= 4 is 11.8 Å². The van der Waals surface area contributed by atoms with Gasteiger partial charge in [0.15, 0.2) is 5.78 Å². The zero-order chi connectivity index (χ0) is 14.9. The molecule has 0 aromatic rings. The Labute approximate surface area is 120 Å². The fraction of sp³-hybridized carbons (Fsp3) is 0.765. The molecule has 0 radical (unpaired) electrons. The Balaban J connectivity index is 2.22. The van der Waals surface area contributed by atoms with Crippen LogP contribution in [0.15, 0.2) is 11.1 Å². The molecule has 3 rings (SSSR count). The molecule has 1 spiro atoms. The fourth-order valence-corrected chi connectivity index (χ4v) is 5.50. The molecule has 2 bridgehead atoms. The highest BCUT2D eigenvalue weighted by Gasteiger charge is 2.70. The molecule has 0 aromatic carbocycles.